The van der Waals surface area contributed by atoms with E-state index in [1.54, 1.807) is 6.92 Å². The van der Waals surface area contributed by atoms with E-state index >= 15 is 0 Å². The Kier molecular flexibility index (Phi) is 33.7. The van der Waals surface area contributed by atoms with Crippen LogP contribution in [0.3, 0.4) is 0 Å². The molecule has 0 aromatic heterocycles. The minimum absolute atomic E-state index is 0. The second-order valence-electron chi connectivity index (χ2n) is 3.62. The largest absolute Gasteiger partial charge is 0.346 e. The molecular weight excluding hydrogens is 198 g/mol. The van der Waals surface area contributed by atoms with Crippen molar-refractivity contribution in [1.29, 1.82) is 0 Å². The van der Waals surface area contributed by atoms with E-state index in [1.165, 1.54) is 12.8 Å². The molecule has 12 heavy (non-hydrogen) atoms. The Bertz CT molecular complexity index is 43.5. The van der Waals surface area contributed by atoms with Crippen molar-refractivity contribution in [3.05, 3.63) is 6.92 Å². The standard InChI is InChI=1S/C6H14.C3H8.C2H5.Zn/c1-5-6(2,3)4;1-3-2;1-2;/h5H2,1-4H3;3H2,1-2H3;1H2,2H3;/q;;-1;. The average molecular weight is 225 g/mol. The zero-order valence-corrected chi connectivity index (χ0v) is 13.3. The fourth-order valence-corrected chi connectivity index (χ4v) is 0. The third kappa shape index (κ3) is 74.9. The van der Waals surface area contributed by atoms with Gasteiger partial charge in [-0.1, -0.05) is 54.4 Å². The minimum Gasteiger partial charge on any atom is -0.346 e. The zero-order valence-electron chi connectivity index (χ0n) is 10.3. The van der Waals surface area contributed by atoms with E-state index in [9.17, 15) is 0 Å². The van der Waals surface area contributed by atoms with Gasteiger partial charge in [-0.05, 0) is 5.41 Å². The topological polar surface area (TPSA) is 0 Å². The van der Waals surface area contributed by atoms with Crippen LogP contribution in [0, 0.1) is 12.3 Å². The summed E-state index contributed by atoms with van der Waals surface area (Å²) >= 11 is 0. The molecule has 0 saturated heterocycles. The van der Waals surface area contributed by atoms with Crippen molar-refractivity contribution in [3.63, 3.8) is 0 Å². The van der Waals surface area contributed by atoms with Crippen molar-refractivity contribution in [1.82, 2.24) is 0 Å². The molecule has 0 saturated carbocycles. The van der Waals surface area contributed by atoms with Gasteiger partial charge in [-0.2, -0.15) is 6.92 Å². The molecule has 0 radical (unpaired) electrons. The summed E-state index contributed by atoms with van der Waals surface area (Å²) in [6, 6.07) is 0. The first-order valence-electron chi connectivity index (χ1n) is 4.68. The van der Waals surface area contributed by atoms with Crippen LogP contribution in [0.5, 0.6) is 0 Å². The quantitative estimate of drug-likeness (QED) is 0.413. The third-order valence-corrected chi connectivity index (χ3v) is 1.06. The van der Waals surface area contributed by atoms with Gasteiger partial charge in [0.2, 0.25) is 0 Å². The fraction of sp³-hybridized carbons (Fsp3) is 0.909. The maximum atomic E-state index is 3.25. The van der Waals surface area contributed by atoms with Gasteiger partial charge in [0.05, 0.1) is 0 Å². The van der Waals surface area contributed by atoms with Gasteiger partial charge in [-0.3, -0.25) is 0 Å². The van der Waals surface area contributed by atoms with Crippen LogP contribution in [-0.4, -0.2) is 0 Å². The molecule has 0 aliphatic carbocycles. The Hall–Kier alpha value is 0.623. The van der Waals surface area contributed by atoms with Gasteiger partial charge in [0.1, 0.15) is 0 Å². The van der Waals surface area contributed by atoms with Crippen molar-refractivity contribution in [2.45, 2.75) is 61.3 Å². The number of hydrogen-bond acceptors (Lipinski definition) is 0. The van der Waals surface area contributed by atoms with E-state index in [2.05, 4.69) is 48.5 Å². The maximum Gasteiger partial charge on any atom is 0 e. The molecule has 0 bridgehead atoms. The molecule has 0 aliphatic rings. The van der Waals surface area contributed by atoms with Crippen molar-refractivity contribution in [2.75, 3.05) is 0 Å². The van der Waals surface area contributed by atoms with Gasteiger partial charge in [0.25, 0.3) is 0 Å². The van der Waals surface area contributed by atoms with Gasteiger partial charge in [-0.15, -0.1) is 0 Å². The molecule has 0 heterocycles. The second-order valence-corrected chi connectivity index (χ2v) is 3.62. The van der Waals surface area contributed by atoms with Crippen molar-refractivity contribution >= 4 is 0 Å². The van der Waals surface area contributed by atoms with Crippen LogP contribution < -0.4 is 0 Å². The predicted molar refractivity (Wildman–Crippen MR) is 56.7 cm³/mol. The molecule has 0 unspecified atom stereocenters. The third-order valence-electron chi connectivity index (χ3n) is 1.06. The van der Waals surface area contributed by atoms with Crippen LogP contribution in [0.25, 0.3) is 0 Å². The second kappa shape index (κ2) is 17.6. The maximum absolute atomic E-state index is 3.25. The summed E-state index contributed by atoms with van der Waals surface area (Å²) in [5.74, 6) is 0. The van der Waals surface area contributed by atoms with Gasteiger partial charge in [0, 0.05) is 19.5 Å². The van der Waals surface area contributed by atoms with Crippen LogP contribution in [0.1, 0.15) is 61.3 Å². The van der Waals surface area contributed by atoms with E-state index in [0.717, 1.165) is 0 Å². The van der Waals surface area contributed by atoms with Gasteiger partial charge in [-0.25, -0.2) is 0 Å². The van der Waals surface area contributed by atoms with E-state index < -0.39 is 0 Å². The summed E-state index contributed by atoms with van der Waals surface area (Å²) in [5, 5.41) is 0. The van der Waals surface area contributed by atoms with Crippen LogP contribution in [0.15, 0.2) is 0 Å². The van der Waals surface area contributed by atoms with Gasteiger partial charge in [0.15, 0.2) is 0 Å². The van der Waals surface area contributed by atoms with Crippen LogP contribution in [0.4, 0.5) is 0 Å². The monoisotopic (exact) mass is 223 g/mol. The summed E-state index contributed by atoms with van der Waals surface area (Å²) in [6.07, 6.45) is 2.52. The normalized spacial score (nSPS) is 8.00. The molecule has 1 heteroatoms. The van der Waals surface area contributed by atoms with E-state index in [4.69, 9.17) is 0 Å². The van der Waals surface area contributed by atoms with Gasteiger partial charge >= 0.3 is 0 Å². The van der Waals surface area contributed by atoms with Crippen LogP contribution in [0.2, 0.25) is 0 Å². The molecule has 0 aromatic carbocycles. The predicted octanol–water partition coefficient (Wildman–Crippen LogP) is 4.70. The summed E-state index contributed by atoms with van der Waals surface area (Å²) in [4.78, 5) is 0. The summed E-state index contributed by atoms with van der Waals surface area (Å²) in [7, 11) is 0. The molecule has 0 nitrogen and oxygen atoms in total. The Morgan fingerprint density at radius 3 is 1.00 bits per heavy atom. The molecular formula is C11H27Zn-. The summed E-state index contributed by atoms with van der Waals surface area (Å²) in [6.45, 7) is 18.2. The number of rotatable bonds is 0. The van der Waals surface area contributed by atoms with E-state index in [-0.39, 0.29) is 19.5 Å². The SMILES string of the molecule is CCC.CCC(C)(C)C.[CH2-]C.[Zn]. The smallest absolute Gasteiger partial charge is 0 e. The average Bonchev–Trinajstić information content (AvgIpc) is 1.93. The van der Waals surface area contributed by atoms with E-state index in [1.807, 2.05) is 0 Å². The van der Waals surface area contributed by atoms with Crippen LogP contribution >= 0.6 is 0 Å². The number of hydrogen-bond donors (Lipinski definition) is 0. The molecule has 0 atom stereocenters. The molecule has 0 aromatic rings. The summed E-state index contributed by atoms with van der Waals surface area (Å²) < 4.78 is 0. The molecule has 0 fully saturated rings. The van der Waals surface area contributed by atoms with Crippen molar-refractivity contribution < 1.29 is 19.5 Å². The molecule has 0 amide bonds. The Morgan fingerprint density at radius 1 is 0.917 bits per heavy atom. The van der Waals surface area contributed by atoms with Crippen molar-refractivity contribution in [2.24, 2.45) is 5.41 Å². The minimum atomic E-state index is 0. The molecule has 0 spiro atoms. The molecule has 0 rings (SSSR count). The zero-order chi connectivity index (χ0) is 9.91. The molecule has 74 valence electrons. The molecule has 0 N–H and O–H groups in total. The van der Waals surface area contributed by atoms with Crippen molar-refractivity contribution in [3.8, 4) is 0 Å². The van der Waals surface area contributed by atoms with Gasteiger partial charge < -0.3 is 6.92 Å². The first-order chi connectivity index (χ1) is 4.97. The Labute approximate surface area is 93.3 Å². The Morgan fingerprint density at radius 2 is 1.00 bits per heavy atom. The van der Waals surface area contributed by atoms with E-state index in [0.29, 0.717) is 5.41 Å². The summed E-state index contributed by atoms with van der Waals surface area (Å²) in [5.41, 5.74) is 0.542. The van der Waals surface area contributed by atoms with Crippen LogP contribution in [-0.2, 0) is 19.5 Å². The Balaban J connectivity index is -0.0000000462. The fourth-order valence-electron chi connectivity index (χ4n) is 0. The first kappa shape index (κ1) is 22.9. The first-order valence-corrected chi connectivity index (χ1v) is 4.68. The molecule has 0 aliphatic heterocycles.